The van der Waals surface area contributed by atoms with Crippen LogP contribution >= 0.6 is 15.9 Å². The number of hydrogen-bond acceptors (Lipinski definition) is 2. The minimum atomic E-state index is -0.435. The molecule has 1 aromatic rings. The first kappa shape index (κ1) is 13.2. The van der Waals surface area contributed by atoms with E-state index in [0.717, 1.165) is 10.0 Å². The van der Waals surface area contributed by atoms with Crippen LogP contribution in [0.5, 0.6) is 0 Å². The molecule has 0 aliphatic carbocycles. The van der Waals surface area contributed by atoms with Gasteiger partial charge in [0, 0.05) is 17.6 Å². The van der Waals surface area contributed by atoms with Gasteiger partial charge < -0.3 is 10.6 Å². The molecule has 4 heteroatoms. The minimum Gasteiger partial charge on any atom is -0.337 e. The highest BCUT2D eigenvalue weighted by Crippen LogP contribution is 2.12. The first-order valence-corrected chi connectivity index (χ1v) is 6.12. The van der Waals surface area contributed by atoms with E-state index in [4.69, 9.17) is 5.73 Å². The molecule has 0 radical (unpaired) electrons. The molecule has 0 spiro atoms. The third kappa shape index (κ3) is 3.61. The van der Waals surface area contributed by atoms with Crippen molar-refractivity contribution >= 4 is 21.8 Å². The molecule has 0 heterocycles. The molecule has 1 rings (SSSR count). The van der Waals surface area contributed by atoms with Gasteiger partial charge in [-0.25, -0.2) is 0 Å². The van der Waals surface area contributed by atoms with Gasteiger partial charge in [-0.2, -0.15) is 0 Å². The van der Waals surface area contributed by atoms with Crippen molar-refractivity contribution in [2.75, 3.05) is 6.54 Å². The van der Waals surface area contributed by atoms with Crippen molar-refractivity contribution in [2.24, 2.45) is 5.73 Å². The fourth-order valence-electron chi connectivity index (χ4n) is 1.44. The topological polar surface area (TPSA) is 46.3 Å². The number of halogens is 1. The third-order valence-electron chi connectivity index (χ3n) is 2.37. The summed E-state index contributed by atoms with van der Waals surface area (Å²) >= 11 is 3.38. The van der Waals surface area contributed by atoms with Crippen LogP contribution in [0.1, 0.15) is 19.4 Å². The monoisotopic (exact) mass is 284 g/mol. The molecule has 16 heavy (non-hydrogen) atoms. The smallest absolute Gasteiger partial charge is 0.239 e. The summed E-state index contributed by atoms with van der Waals surface area (Å²) in [6.07, 6.45) is 0. The molecule has 2 N–H and O–H groups in total. The van der Waals surface area contributed by atoms with Gasteiger partial charge >= 0.3 is 0 Å². The van der Waals surface area contributed by atoms with Crippen LogP contribution in [0.15, 0.2) is 28.7 Å². The first-order valence-electron chi connectivity index (χ1n) is 5.33. The molecule has 0 saturated heterocycles. The SMILES string of the molecule is CCN(Cc1ccc(Br)cc1)C(=O)C(C)N. The summed E-state index contributed by atoms with van der Waals surface area (Å²) in [5.41, 5.74) is 6.70. The maximum Gasteiger partial charge on any atom is 0.239 e. The lowest BCUT2D eigenvalue weighted by molar-refractivity contribution is -0.132. The maximum atomic E-state index is 11.7. The van der Waals surface area contributed by atoms with Crippen LogP contribution in [0.3, 0.4) is 0 Å². The van der Waals surface area contributed by atoms with E-state index >= 15 is 0 Å². The van der Waals surface area contributed by atoms with E-state index in [0.29, 0.717) is 13.1 Å². The van der Waals surface area contributed by atoms with Gasteiger partial charge in [0.2, 0.25) is 5.91 Å². The van der Waals surface area contributed by atoms with E-state index in [1.165, 1.54) is 0 Å². The molecule has 0 aromatic heterocycles. The zero-order valence-corrected chi connectivity index (χ0v) is 11.2. The highest BCUT2D eigenvalue weighted by molar-refractivity contribution is 9.10. The van der Waals surface area contributed by atoms with Crippen molar-refractivity contribution in [1.29, 1.82) is 0 Å². The number of likely N-dealkylation sites (N-methyl/N-ethyl adjacent to an activating group) is 1. The maximum absolute atomic E-state index is 11.7. The lowest BCUT2D eigenvalue weighted by Gasteiger charge is -2.22. The number of carbonyl (C=O) groups excluding carboxylic acids is 1. The third-order valence-corrected chi connectivity index (χ3v) is 2.90. The Morgan fingerprint density at radius 3 is 2.44 bits per heavy atom. The summed E-state index contributed by atoms with van der Waals surface area (Å²) in [6.45, 7) is 4.96. The summed E-state index contributed by atoms with van der Waals surface area (Å²) in [7, 11) is 0. The molecule has 88 valence electrons. The van der Waals surface area contributed by atoms with Gasteiger partial charge in [-0.15, -0.1) is 0 Å². The van der Waals surface area contributed by atoms with Gasteiger partial charge in [0.05, 0.1) is 6.04 Å². The summed E-state index contributed by atoms with van der Waals surface area (Å²) < 4.78 is 1.04. The van der Waals surface area contributed by atoms with Gasteiger partial charge in [-0.05, 0) is 31.5 Å². The van der Waals surface area contributed by atoms with E-state index in [2.05, 4.69) is 15.9 Å². The summed E-state index contributed by atoms with van der Waals surface area (Å²) in [4.78, 5) is 13.5. The molecule has 0 saturated carbocycles. The van der Waals surface area contributed by atoms with Crippen LogP contribution in [0.4, 0.5) is 0 Å². The standard InChI is InChI=1S/C12H17BrN2O/c1-3-15(12(16)9(2)14)8-10-4-6-11(13)7-5-10/h4-7,9H,3,8,14H2,1-2H3. The number of carbonyl (C=O) groups is 1. The Kier molecular flexibility index (Phi) is 4.96. The fourth-order valence-corrected chi connectivity index (χ4v) is 1.71. The Labute approximate surface area is 105 Å². The highest BCUT2D eigenvalue weighted by Gasteiger charge is 2.15. The van der Waals surface area contributed by atoms with E-state index in [1.54, 1.807) is 11.8 Å². The summed E-state index contributed by atoms with van der Waals surface area (Å²) in [5, 5.41) is 0. The molecule has 0 aliphatic heterocycles. The van der Waals surface area contributed by atoms with Crippen molar-refractivity contribution in [3.05, 3.63) is 34.3 Å². The van der Waals surface area contributed by atoms with Crippen LogP contribution < -0.4 is 5.73 Å². The zero-order chi connectivity index (χ0) is 12.1. The van der Waals surface area contributed by atoms with Crippen LogP contribution in [0, 0.1) is 0 Å². The second-order valence-electron chi connectivity index (χ2n) is 3.77. The molecule has 0 fully saturated rings. The predicted octanol–water partition coefficient (Wildman–Crippen LogP) is 2.14. The zero-order valence-electron chi connectivity index (χ0n) is 9.61. The largest absolute Gasteiger partial charge is 0.337 e. The van der Waals surface area contributed by atoms with E-state index in [-0.39, 0.29) is 5.91 Å². The number of nitrogens with two attached hydrogens (primary N) is 1. The minimum absolute atomic E-state index is 0.00887. The van der Waals surface area contributed by atoms with Crippen molar-refractivity contribution < 1.29 is 4.79 Å². The second kappa shape index (κ2) is 6.01. The Morgan fingerprint density at radius 2 is 2.00 bits per heavy atom. The first-order chi connectivity index (χ1) is 7.54. The number of rotatable bonds is 4. The van der Waals surface area contributed by atoms with Crippen molar-refractivity contribution in [1.82, 2.24) is 4.90 Å². The fraction of sp³-hybridized carbons (Fsp3) is 0.417. The second-order valence-corrected chi connectivity index (χ2v) is 4.68. The van der Waals surface area contributed by atoms with Crippen LogP contribution in [0.25, 0.3) is 0 Å². The normalized spacial score (nSPS) is 12.2. The Hall–Kier alpha value is -0.870. The number of nitrogens with zero attached hydrogens (tertiary/aromatic N) is 1. The van der Waals surface area contributed by atoms with Gasteiger partial charge in [0.25, 0.3) is 0 Å². The molecule has 3 nitrogen and oxygen atoms in total. The van der Waals surface area contributed by atoms with Crippen molar-refractivity contribution in [2.45, 2.75) is 26.4 Å². The number of benzene rings is 1. The van der Waals surface area contributed by atoms with Gasteiger partial charge in [-0.1, -0.05) is 28.1 Å². The van der Waals surface area contributed by atoms with Crippen molar-refractivity contribution in [3.8, 4) is 0 Å². The quantitative estimate of drug-likeness (QED) is 0.921. The molecule has 1 amide bonds. The Bertz CT molecular complexity index is 349. The molecule has 1 unspecified atom stereocenters. The Balaban J connectivity index is 2.70. The average Bonchev–Trinajstić information content (AvgIpc) is 2.27. The highest BCUT2D eigenvalue weighted by atomic mass is 79.9. The van der Waals surface area contributed by atoms with E-state index in [1.807, 2.05) is 31.2 Å². The predicted molar refractivity (Wildman–Crippen MR) is 68.9 cm³/mol. The molecule has 1 atom stereocenters. The summed E-state index contributed by atoms with van der Waals surface area (Å²) in [5.74, 6) is -0.00887. The van der Waals surface area contributed by atoms with E-state index < -0.39 is 6.04 Å². The van der Waals surface area contributed by atoms with Crippen molar-refractivity contribution in [3.63, 3.8) is 0 Å². The van der Waals surface area contributed by atoms with Crippen LogP contribution in [-0.4, -0.2) is 23.4 Å². The number of amides is 1. The number of hydrogen-bond donors (Lipinski definition) is 1. The van der Waals surface area contributed by atoms with Gasteiger partial charge in [0.1, 0.15) is 0 Å². The van der Waals surface area contributed by atoms with Crippen LogP contribution in [0.2, 0.25) is 0 Å². The van der Waals surface area contributed by atoms with Crippen LogP contribution in [-0.2, 0) is 11.3 Å². The molecular weight excluding hydrogens is 268 g/mol. The Morgan fingerprint density at radius 1 is 1.44 bits per heavy atom. The lowest BCUT2D eigenvalue weighted by atomic mass is 10.2. The summed E-state index contributed by atoms with van der Waals surface area (Å²) in [6, 6.07) is 7.51. The molecule has 0 aliphatic rings. The molecular formula is C12H17BrN2O. The molecule has 0 bridgehead atoms. The lowest BCUT2D eigenvalue weighted by Crippen LogP contribution is -2.41. The van der Waals surface area contributed by atoms with Gasteiger partial charge in [0.15, 0.2) is 0 Å². The van der Waals surface area contributed by atoms with Gasteiger partial charge in [-0.3, -0.25) is 4.79 Å². The average molecular weight is 285 g/mol. The molecule has 1 aromatic carbocycles. The van der Waals surface area contributed by atoms with E-state index in [9.17, 15) is 4.79 Å².